The van der Waals surface area contributed by atoms with Gasteiger partial charge in [0.25, 0.3) is 0 Å². The van der Waals surface area contributed by atoms with Gasteiger partial charge >= 0.3 is 0 Å². The van der Waals surface area contributed by atoms with Crippen molar-refractivity contribution in [2.45, 2.75) is 46.3 Å². The molecule has 2 unspecified atom stereocenters. The zero-order chi connectivity index (χ0) is 15.0. The van der Waals surface area contributed by atoms with Crippen LogP contribution in [0.15, 0.2) is 24.7 Å². The second-order valence-corrected chi connectivity index (χ2v) is 6.75. The summed E-state index contributed by atoms with van der Waals surface area (Å²) in [5.41, 5.74) is 2.35. The number of thiazole rings is 1. The smallest absolute Gasteiger partial charge is 0.194 e. The Morgan fingerprint density at radius 2 is 2.14 bits per heavy atom. The normalized spacial score (nSPS) is 14.7. The van der Waals surface area contributed by atoms with Crippen LogP contribution in [0.1, 0.15) is 36.2 Å². The Kier molecular flexibility index (Phi) is 3.82. The molecular weight excluding hydrogens is 282 g/mol. The van der Waals surface area contributed by atoms with Crippen LogP contribution in [0.3, 0.4) is 0 Å². The zero-order valence-electron chi connectivity index (χ0n) is 12.9. The van der Waals surface area contributed by atoms with Crippen molar-refractivity contribution in [2.24, 2.45) is 0 Å². The molecule has 0 saturated heterocycles. The predicted octanol–water partition coefficient (Wildman–Crippen LogP) is 2.95. The van der Waals surface area contributed by atoms with Gasteiger partial charge in [0.1, 0.15) is 0 Å². The Morgan fingerprint density at radius 3 is 2.86 bits per heavy atom. The van der Waals surface area contributed by atoms with Crippen molar-refractivity contribution in [3.8, 4) is 0 Å². The Morgan fingerprint density at radius 1 is 1.33 bits per heavy atom. The molecule has 0 aliphatic heterocycles. The van der Waals surface area contributed by atoms with Gasteiger partial charge in [0.2, 0.25) is 0 Å². The van der Waals surface area contributed by atoms with Gasteiger partial charge in [-0.2, -0.15) is 5.10 Å². The van der Waals surface area contributed by atoms with Gasteiger partial charge in [0, 0.05) is 36.1 Å². The molecule has 2 atom stereocenters. The van der Waals surface area contributed by atoms with E-state index in [0.29, 0.717) is 12.1 Å². The molecule has 0 spiro atoms. The molecule has 0 aliphatic carbocycles. The first kappa shape index (κ1) is 14.3. The summed E-state index contributed by atoms with van der Waals surface area (Å²) in [6, 6.07) is 2.60. The second kappa shape index (κ2) is 5.61. The zero-order valence-corrected chi connectivity index (χ0v) is 13.7. The Labute approximate surface area is 128 Å². The SMILES string of the molecule is Cc1cn2c(CNC(C)C(C)n3cccn3)c(C)nc2s1. The van der Waals surface area contributed by atoms with Gasteiger partial charge in [-0.3, -0.25) is 9.08 Å². The highest BCUT2D eigenvalue weighted by Crippen LogP contribution is 2.21. The fourth-order valence-electron chi connectivity index (χ4n) is 2.50. The summed E-state index contributed by atoms with van der Waals surface area (Å²) in [4.78, 5) is 7.00. The van der Waals surface area contributed by atoms with Crippen LogP contribution in [0.5, 0.6) is 0 Å². The summed E-state index contributed by atoms with van der Waals surface area (Å²) in [6.45, 7) is 9.38. The molecule has 0 saturated carbocycles. The summed E-state index contributed by atoms with van der Waals surface area (Å²) >= 11 is 1.74. The minimum Gasteiger partial charge on any atom is -0.307 e. The van der Waals surface area contributed by atoms with Crippen molar-refractivity contribution in [2.75, 3.05) is 0 Å². The highest BCUT2D eigenvalue weighted by molar-refractivity contribution is 7.17. The van der Waals surface area contributed by atoms with Crippen LogP contribution in [-0.2, 0) is 6.54 Å². The lowest BCUT2D eigenvalue weighted by Crippen LogP contribution is -2.34. The molecule has 0 bridgehead atoms. The molecule has 3 rings (SSSR count). The number of imidazole rings is 1. The molecular formula is C15H21N5S. The Bertz CT molecular complexity index is 725. The molecule has 21 heavy (non-hydrogen) atoms. The van der Waals surface area contributed by atoms with E-state index in [0.717, 1.165) is 17.2 Å². The van der Waals surface area contributed by atoms with E-state index < -0.39 is 0 Å². The maximum absolute atomic E-state index is 4.63. The molecule has 0 amide bonds. The second-order valence-electron chi connectivity index (χ2n) is 5.53. The van der Waals surface area contributed by atoms with E-state index in [1.807, 2.05) is 23.1 Å². The summed E-state index contributed by atoms with van der Waals surface area (Å²) < 4.78 is 4.19. The quantitative estimate of drug-likeness (QED) is 0.788. The van der Waals surface area contributed by atoms with E-state index >= 15 is 0 Å². The van der Waals surface area contributed by atoms with E-state index in [2.05, 4.69) is 53.7 Å². The minimum absolute atomic E-state index is 0.313. The van der Waals surface area contributed by atoms with Gasteiger partial charge in [-0.05, 0) is 33.8 Å². The summed E-state index contributed by atoms with van der Waals surface area (Å²) in [5.74, 6) is 0. The van der Waals surface area contributed by atoms with Gasteiger partial charge in [-0.15, -0.1) is 11.3 Å². The van der Waals surface area contributed by atoms with Gasteiger partial charge in [0.05, 0.1) is 17.4 Å². The molecule has 0 aromatic carbocycles. The van der Waals surface area contributed by atoms with Crippen LogP contribution < -0.4 is 5.32 Å². The van der Waals surface area contributed by atoms with Gasteiger partial charge in [0.15, 0.2) is 4.96 Å². The molecule has 6 heteroatoms. The summed E-state index contributed by atoms with van der Waals surface area (Å²) in [5, 5.41) is 7.91. The molecule has 112 valence electrons. The first-order valence-electron chi connectivity index (χ1n) is 7.22. The largest absolute Gasteiger partial charge is 0.307 e. The van der Waals surface area contributed by atoms with E-state index in [9.17, 15) is 0 Å². The van der Waals surface area contributed by atoms with Crippen LogP contribution in [0, 0.1) is 13.8 Å². The van der Waals surface area contributed by atoms with Crippen LogP contribution in [0.2, 0.25) is 0 Å². The number of aromatic nitrogens is 4. The van der Waals surface area contributed by atoms with E-state index in [1.165, 1.54) is 10.6 Å². The van der Waals surface area contributed by atoms with Gasteiger partial charge in [-0.25, -0.2) is 4.98 Å². The molecule has 0 fully saturated rings. The fourth-order valence-corrected chi connectivity index (χ4v) is 3.39. The van der Waals surface area contributed by atoms with Gasteiger partial charge in [-0.1, -0.05) is 0 Å². The monoisotopic (exact) mass is 303 g/mol. The molecule has 1 N–H and O–H groups in total. The number of nitrogens with one attached hydrogen (secondary N) is 1. The molecule has 3 heterocycles. The standard InChI is InChI=1S/C15H21N5S/c1-10-9-19-14(12(3)18-15(19)21-10)8-16-11(2)13(4)20-7-5-6-17-20/h5-7,9,11,13,16H,8H2,1-4H3. The maximum Gasteiger partial charge on any atom is 0.194 e. The number of nitrogens with zero attached hydrogens (tertiary/aromatic N) is 4. The first-order chi connectivity index (χ1) is 10.1. The highest BCUT2D eigenvalue weighted by atomic mass is 32.1. The lowest BCUT2D eigenvalue weighted by atomic mass is 10.1. The molecule has 0 aliphatic rings. The fraction of sp³-hybridized carbons (Fsp3) is 0.467. The number of hydrogen-bond acceptors (Lipinski definition) is 4. The third-order valence-corrected chi connectivity index (χ3v) is 4.90. The molecule has 0 radical (unpaired) electrons. The predicted molar refractivity (Wildman–Crippen MR) is 85.8 cm³/mol. The van der Waals surface area contributed by atoms with Crippen molar-refractivity contribution in [3.05, 3.63) is 40.9 Å². The van der Waals surface area contributed by atoms with E-state index in [4.69, 9.17) is 0 Å². The van der Waals surface area contributed by atoms with Gasteiger partial charge < -0.3 is 5.32 Å². The van der Waals surface area contributed by atoms with Crippen molar-refractivity contribution in [3.63, 3.8) is 0 Å². The van der Waals surface area contributed by atoms with Crippen LogP contribution in [0.4, 0.5) is 0 Å². The summed E-state index contributed by atoms with van der Waals surface area (Å²) in [7, 11) is 0. The van der Waals surface area contributed by atoms with Crippen LogP contribution >= 0.6 is 11.3 Å². The van der Waals surface area contributed by atoms with Crippen molar-refractivity contribution in [1.82, 2.24) is 24.5 Å². The highest BCUT2D eigenvalue weighted by Gasteiger charge is 2.16. The van der Waals surface area contributed by atoms with E-state index in [-0.39, 0.29) is 0 Å². The number of rotatable bonds is 5. The van der Waals surface area contributed by atoms with Crippen molar-refractivity contribution in [1.29, 1.82) is 0 Å². The maximum atomic E-state index is 4.63. The number of aryl methyl sites for hydroxylation is 2. The third kappa shape index (κ3) is 2.73. The molecule has 5 nitrogen and oxygen atoms in total. The van der Waals surface area contributed by atoms with Crippen molar-refractivity contribution >= 4 is 16.3 Å². The average Bonchev–Trinajstić information content (AvgIpc) is 3.12. The summed E-state index contributed by atoms with van der Waals surface area (Å²) in [6.07, 6.45) is 5.99. The third-order valence-electron chi connectivity index (χ3n) is 4.00. The lowest BCUT2D eigenvalue weighted by Gasteiger charge is -2.21. The van der Waals surface area contributed by atoms with Crippen molar-refractivity contribution < 1.29 is 0 Å². The molecule has 3 aromatic heterocycles. The Hall–Kier alpha value is -1.66. The van der Waals surface area contributed by atoms with Crippen LogP contribution in [0.25, 0.3) is 4.96 Å². The van der Waals surface area contributed by atoms with Crippen LogP contribution in [-0.4, -0.2) is 25.2 Å². The topological polar surface area (TPSA) is 47.1 Å². The first-order valence-corrected chi connectivity index (χ1v) is 8.04. The lowest BCUT2D eigenvalue weighted by molar-refractivity contribution is 0.363. The molecule has 3 aromatic rings. The number of fused-ring (bicyclic) bond motifs is 1. The average molecular weight is 303 g/mol. The Balaban J connectivity index is 1.72. The minimum atomic E-state index is 0.313. The number of hydrogen-bond donors (Lipinski definition) is 1. The van der Waals surface area contributed by atoms with E-state index in [1.54, 1.807) is 11.3 Å².